The number of hydrogen-bond acceptors (Lipinski definition) is 4. The van der Waals surface area contributed by atoms with Gasteiger partial charge in [-0.25, -0.2) is 0 Å². The SMILES string of the molecule is CC(C)Oc1cccc(CNC2CCC(=O)NC2=O)c1. The molecule has 0 bridgehead atoms. The van der Waals surface area contributed by atoms with Crippen molar-refractivity contribution in [3.8, 4) is 5.75 Å². The van der Waals surface area contributed by atoms with E-state index in [0.717, 1.165) is 11.3 Å². The largest absolute Gasteiger partial charge is 0.491 e. The van der Waals surface area contributed by atoms with E-state index in [1.807, 2.05) is 38.1 Å². The number of hydrogen-bond donors (Lipinski definition) is 2. The number of nitrogens with one attached hydrogen (secondary N) is 2. The fourth-order valence-electron chi connectivity index (χ4n) is 2.13. The fourth-order valence-corrected chi connectivity index (χ4v) is 2.13. The summed E-state index contributed by atoms with van der Waals surface area (Å²) in [7, 11) is 0. The van der Waals surface area contributed by atoms with Crippen molar-refractivity contribution in [1.82, 2.24) is 10.6 Å². The molecule has 1 unspecified atom stereocenters. The molecule has 2 amide bonds. The summed E-state index contributed by atoms with van der Waals surface area (Å²) >= 11 is 0. The Kier molecular flexibility index (Phi) is 4.74. The van der Waals surface area contributed by atoms with E-state index in [4.69, 9.17) is 4.74 Å². The molecule has 0 aliphatic carbocycles. The summed E-state index contributed by atoms with van der Waals surface area (Å²) in [5, 5.41) is 5.51. The third-order valence-corrected chi connectivity index (χ3v) is 3.06. The Bertz CT molecular complexity index is 500. The number of ether oxygens (including phenoxy) is 1. The molecule has 1 saturated heterocycles. The molecule has 108 valence electrons. The van der Waals surface area contributed by atoms with Crippen LogP contribution in [0.4, 0.5) is 0 Å². The molecular formula is C15H20N2O3. The lowest BCUT2D eigenvalue weighted by Crippen LogP contribution is -2.50. The van der Waals surface area contributed by atoms with Gasteiger partial charge in [0, 0.05) is 13.0 Å². The molecule has 0 saturated carbocycles. The molecule has 1 aromatic rings. The van der Waals surface area contributed by atoms with Gasteiger partial charge in [-0.3, -0.25) is 14.9 Å². The lowest BCUT2D eigenvalue weighted by molar-refractivity contribution is -0.134. The van der Waals surface area contributed by atoms with E-state index in [9.17, 15) is 9.59 Å². The first kappa shape index (κ1) is 14.5. The summed E-state index contributed by atoms with van der Waals surface area (Å²) in [5.41, 5.74) is 1.05. The first-order chi connectivity index (χ1) is 9.54. The van der Waals surface area contributed by atoms with E-state index in [0.29, 0.717) is 19.4 Å². The third-order valence-electron chi connectivity index (χ3n) is 3.06. The van der Waals surface area contributed by atoms with Crippen LogP contribution in [0.5, 0.6) is 5.75 Å². The minimum atomic E-state index is -0.303. The van der Waals surface area contributed by atoms with Crippen molar-refractivity contribution in [3.05, 3.63) is 29.8 Å². The number of piperidine rings is 1. The number of benzene rings is 1. The Morgan fingerprint density at radius 3 is 2.90 bits per heavy atom. The van der Waals surface area contributed by atoms with Crippen molar-refractivity contribution in [2.75, 3.05) is 0 Å². The average Bonchev–Trinajstić information content (AvgIpc) is 2.37. The van der Waals surface area contributed by atoms with E-state index in [2.05, 4.69) is 10.6 Å². The van der Waals surface area contributed by atoms with E-state index < -0.39 is 0 Å². The van der Waals surface area contributed by atoms with Crippen molar-refractivity contribution < 1.29 is 14.3 Å². The highest BCUT2D eigenvalue weighted by atomic mass is 16.5. The molecule has 0 aromatic heterocycles. The second-order valence-corrected chi connectivity index (χ2v) is 5.20. The fraction of sp³-hybridized carbons (Fsp3) is 0.467. The predicted molar refractivity (Wildman–Crippen MR) is 75.2 cm³/mol. The summed E-state index contributed by atoms with van der Waals surface area (Å²) in [4.78, 5) is 22.7. The van der Waals surface area contributed by atoms with Crippen molar-refractivity contribution in [2.45, 2.75) is 45.4 Å². The van der Waals surface area contributed by atoms with Gasteiger partial charge < -0.3 is 10.1 Å². The maximum absolute atomic E-state index is 11.6. The van der Waals surface area contributed by atoms with Crippen LogP contribution < -0.4 is 15.4 Å². The lowest BCUT2D eigenvalue weighted by Gasteiger charge is -2.22. The van der Waals surface area contributed by atoms with Crippen LogP contribution in [0.25, 0.3) is 0 Å². The number of imide groups is 1. The number of rotatable bonds is 5. The molecule has 20 heavy (non-hydrogen) atoms. The molecule has 5 heteroatoms. The van der Waals surface area contributed by atoms with Crippen LogP contribution >= 0.6 is 0 Å². The van der Waals surface area contributed by atoms with Gasteiger partial charge in [0.15, 0.2) is 0 Å². The lowest BCUT2D eigenvalue weighted by atomic mass is 10.1. The first-order valence-corrected chi connectivity index (χ1v) is 6.87. The minimum Gasteiger partial charge on any atom is -0.491 e. The van der Waals surface area contributed by atoms with Gasteiger partial charge in [0.25, 0.3) is 0 Å². The van der Waals surface area contributed by atoms with Crippen LogP contribution in [0.1, 0.15) is 32.3 Å². The maximum Gasteiger partial charge on any atom is 0.243 e. The Morgan fingerprint density at radius 1 is 1.40 bits per heavy atom. The average molecular weight is 276 g/mol. The summed E-state index contributed by atoms with van der Waals surface area (Å²) in [5.74, 6) is 0.388. The molecule has 5 nitrogen and oxygen atoms in total. The first-order valence-electron chi connectivity index (χ1n) is 6.87. The van der Waals surface area contributed by atoms with E-state index >= 15 is 0 Å². The van der Waals surface area contributed by atoms with Gasteiger partial charge in [0.2, 0.25) is 11.8 Å². The Balaban J connectivity index is 1.90. The van der Waals surface area contributed by atoms with Crippen LogP contribution in [0.15, 0.2) is 24.3 Å². The summed E-state index contributed by atoms with van der Waals surface area (Å²) in [6.45, 7) is 4.53. The van der Waals surface area contributed by atoms with Crippen LogP contribution in [-0.4, -0.2) is 24.0 Å². The van der Waals surface area contributed by atoms with Gasteiger partial charge in [-0.1, -0.05) is 12.1 Å². The molecule has 1 aliphatic rings. The smallest absolute Gasteiger partial charge is 0.243 e. The molecule has 1 fully saturated rings. The highest BCUT2D eigenvalue weighted by Crippen LogP contribution is 2.15. The zero-order valence-corrected chi connectivity index (χ0v) is 11.8. The van der Waals surface area contributed by atoms with Gasteiger partial charge in [-0.05, 0) is 38.0 Å². The standard InChI is InChI=1S/C15H20N2O3/c1-10(2)20-12-5-3-4-11(8-12)9-16-13-6-7-14(18)17-15(13)19/h3-5,8,10,13,16H,6-7,9H2,1-2H3,(H,17,18,19). The van der Waals surface area contributed by atoms with Gasteiger partial charge in [0.1, 0.15) is 5.75 Å². The monoisotopic (exact) mass is 276 g/mol. The Labute approximate surface area is 118 Å². The molecule has 0 radical (unpaired) electrons. The van der Waals surface area contributed by atoms with E-state index in [1.54, 1.807) is 0 Å². The highest BCUT2D eigenvalue weighted by molar-refractivity contribution is 6.00. The van der Waals surface area contributed by atoms with Gasteiger partial charge in [0.05, 0.1) is 12.1 Å². The molecule has 1 aromatic carbocycles. The Hall–Kier alpha value is -1.88. The molecule has 1 heterocycles. The summed E-state index contributed by atoms with van der Waals surface area (Å²) in [6.07, 6.45) is 1.07. The van der Waals surface area contributed by atoms with E-state index in [-0.39, 0.29) is 24.0 Å². The second kappa shape index (κ2) is 6.52. The molecular weight excluding hydrogens is 256 g/mol. The van der Waals surface area contributed by atoms with Crippen molar-refractivity contribution in [1.29, 1.82) is 0 Å². The number of carbonyl (C=O) groups is 2. The number of amides is 2. The third kappa shape index (κ3) is 4.06. The molecule has 2 rings (SSSR count). The zero-order valence-electron chi connectivity index (χ0n) is 11.8. The van der Waals surface area contributed by atoms with Gasteiger partial charge in [-0.2, -0.15) is 0 Å². The molecule has 1 aliphatic heterocycles. The van der Waals surface area contributed by atoms with Crippen LogP contribution in [-0.2, 0) is 16.1 Å². The van der Waals surface area contributed by atoms with Gasteiger partial charge >= 0.3 is 0 Å². The van der Waals surface area contributed by atoms with Crippen LogP contribution in [0.2, 0.25) is 0 Å². The quantitative estimate of drug-likeness (QED) is 0.797. The highest BCUT2D eigenvalue weighted by Gasteiger charge is 2.25. The molecule has 2 N–H and O–H groups in total. The Morgan fingerprint density at radius 2 is 2.20 bits per heavy atom. The normalized spacial score (nSPS) is 19.1. The van der Waals surface area contributed by atoms with Crippen LogP contribution in [0, 0.1) is 0 Å². The predicted octanol–water partition coefficient (Wildman–Crippen LogP) is 1.37. The maximum atomic E-state index is 11.6. The van der Waals surface area contributed by atoms with E-state index in [1.165, 1.54) is 0 Å². The topological polar surface area (TPSA) is 67.4 Å². The number of carbonyl (C=O) groups excluding carboxylic acids is 2. The second-order valence-electron chi connectivity index (χ2n) is 5.20. The summed E-state index contributed by atoms with van der Waals surface area (Å²) < 4.78 is 5.63. The van der Waals surface area contributed by atoms with Crippen molar-refractivity contribution >= 4 is 11.8 Å². The minimum absolute atomic E-state index is 0.133. The van der Waals surface area contributed by atoms with Gasteiger partial charge in [-0.15, -0.1) is 0 Å². The van der Waals surface area contributed by atoms with Crippen molar-refractivity contribution in [2.24, 2.45) is 0 Å². The molecule has 0 spiro atoms. The molecule has 1 atom stereocenters. The van der Waals surface area contributed by atoms with Crippen molar-refractivity contribution in [3.63, 3.8) is 0 Å². The van der Waals surface area contributed by atoms with Crippen LogP contribution in [0.3, 0.4) is 0 Å². The zero-order chi connectivity index (χ0) is 14.5. The summed E-state index contributed by atoms with van der Waals surface area (Å²) in [6, 6.07) is 7.47.